The van der Waals surface area contributed by atoms with Gasteiger partial charge < -0.3 is 4.42 Å². The van der Waals surface area contributed by atoms with Crippen LogP contribution in [0.5, 0.6) is 0 Å². The lowest BCUT2D eigenvalue weighted by Gasteiger charge is -2.07. The van der Waals surface area contributed by atoms with Crippen LogP contribution in [-0.4, -0.2) is 6.08 Å². The Balaban J connectivity index is 2.31. The van der Waals surface area contributed by atoms with Crippen molar-refractivity contribution in [2.24, 2.45) is 4.99 Å². The van der Waals surface area contributed by atoms with Gasteiger partial charge in [-0.05, 0) is 18.9 Å². The van der Waals surface area contributed by atoms with Crippen LogP contribution in [0.1, 0.15) is 18.4 Å². The molecular weight excluding hydrogens is 226 g/mol. The summed E-state index contributed by atoms with van der Waals surface area (Å²) in [5.41, 5.74) is 1.03. The van der Waals surface area contributed by atoms with Crippen LogP contribution in [0.15, 0.2) is 32.4 Å². The second kappa shape index (κ2) is 3.14. The molecule has 0 spiro atoms. The number of nitrogens with zero attached hydrogens (tertiary/aromatic N) is 1. The average molecular weight is 233 g/mol. The van der Waals surface area contributed by atoms with Gasteiger partial charge in [-0.15, -0.1) is 0 Å². The van der Waals surface area contributed by atoms with E-state index in [4.69, 9.17) is 4.42 Å². The molecule has 16 heavy (non-hydrogen) atoms. The fourth-order valence-electron chi connectivity index (χ4n) is 1.91. The summed E-state index contributed by atoms with van der Waals surface area (Å²) in [6, 6.07) is 5.45. The van der Waals surface area contributed by atoms with Crippen molar-refractivity contribution < 1.29 is 9.21 Å². The molecule has 2 aromatic rings. The van der Waals surface area contributed by atoms with E-state index < -0.39 is 5.54 Å². The highest BCUT2D eigenvalue weighted by atomic mass is 32.1. The molecule has 1 aliphatic carbocycles. The predicted molar refractivity (Wildman–Crippen MR) is 59.4 cm³/mol. The van der Waals surface area contributed by atoms with Crippen LogP contribution in [-0.2, 0) is 10.3 Å². The highest BCUT2D eigenvalue weighted by molar-refractivity contribution is 7.16. The smallest absolute Gasteiger partial charge is 0.396 e. The maximum absolute atomic E-state index is 11.2. The fourth-order valence-corrected chi connectivity index (χ4v) is 2.79. The van der Waals surface area contributed by atoms with Crippen molar-refractivity contribution in [3.8, 4) is 0 Å². The predicted octanol–water partition coefficient (Wildman–Crippen LogP) is 2.18. The molecule has 0 N–H and O–H groups in total. The maximum atomic E-state index is 11.2. The number of hydrogen-bond donors (Lipinski definition) is 0. The summed E-state index contributed by atoms with van der Waals surface area (Å²) in [5.74, 6) is 0. The zero-order valence-corrected chi connectivity index (χ0v) is 9.04. The van der Waals surface area contributed by atoms with Gasteiger partial charge in [-0.1, -0.05) is 23.5 Å². The molecule has 80 valence electrons. The van der Waals surface area contributed by atoms with Gasteiger partial charge in [0.25, 0.3) is 0 Å². The van der Waals surface area contributed by atoms with Gasteiger partial charge in [0, 0.05) is 5.56 Å². The van der Waals surface area contributed by atoms with Crippen molar-refractivity contribution >= 4 is 27.7 Å². The lowest BCUT2D eigenvalue weighted by molar-refractivity contribution is 0.556. The van der Waals surface area contributed by atoms with Gasteiger partial charge in [-0.3, -0.25) is 0 Å². The molecule has 4 nitrogen and oxygen atoms in total. The fraction of sp³-hybridized carbons (Fsp3) is 0.273. The Morgan fingerprint density at radius 2 is 2.25 bits per heavy atom. The Bertz CT molecular complexity index is 659. The number of isocyanates is 1. The molecule has 1 fully saturated rings. The van der Waals surface area contributed by atoms with Gasteiger partial charge in [-0.2, -0.15) is 4.99 Å². The Hall–Kier alpha value is -1.71. The first-order chi connectivity index (χ1) is 7.75. The summed E-state index contributed by atoms with van der Waals surface area (Å²) in [7, 11) is 0. The number of fused-ring (bicyclic) bond motifs is 1. The summed E-state index contributed by atoms with van der Waals surface area (Å²) in [6.45, 7) is 0. The van der Waals surface area contributed by atoms with Crippen LogP contribution in [0.3, 0.4) is 0 Å². The van der Waals surface area contributed by atoms with Gasteiger partial charge in [0.1, 0.15) is 5.58 Å². The van der Waals surface area contributed by atoms with Gasteiger partial charge in [0.15, 0.2) is 0 Å². The summed E-state index contributed by atoms with van der Waals surface area (Å²) in [6.07, 6.45) is 3.27. The number of benzene rings is 1. The molecule has 1 heterocycles. The number of aliphatic imine (C=N–C) groups is 1. The SMILES string of the molecule is O=C=NC1(c2cccc3oc(=O)sc23)CC1. The standard InChI is InChI=1S/C11H7NO3S/c13-6-12-11(4-5-11)7-2-1-3-8-9(7)16-10(14)15-8/h1-3H,4-5H2. The first kappa shape index (κ1) is 9.51. The molecular formula is C11H7NO3S. The zero-order valence-electron chi connectivity index (χ0n) is 8.23. The number of carbonyl (C=O) groups excluding carboxylic acids is 1. The van der Waals surface area contributed by atoms with Crippen LogP contribution in [0.25, 0.3) is 10.3 Å². The molecule has 0 radical (unpaired) electrons. The third-order valence-corrected chi connectivity index (χ3v) is 3.72. The van der Waals surface area contributed by atoms with Crippen LogP contribution in [0.4, 0.5) is 0 Å². The van der Waals surface area contributed by atoms with E-state index in [2.05, 4.69) is 4.99 Å². The molecule has 1 aromatic heterocycles. The summed E-state index contributed by atoms with van der Waals surface area (Å²) in [4.78, 5) is 25.1. The summed E-state index contributed by atoms with van der Waals surface area (Å²) in [5, 5.41) is 0. The molecule has 0 atom stereocenters. The number of rotatable bonds is 2. The summed E-state index contributed by atoms with van der Waals surface area (Å²) >= 11 is 1.06. The Kier molecular flexibility index (Phi) is 1.87. The molecule has 0 bridgehead atoms. The van der Waals surface area contributed by atoms with E-state index in [1.165, 1.54) is 0 Å². The number of hydrogen-bond acceptors (Lipinski definition) is 5. The van der Waals surface area contributed by atoms with Crippen molar-refractivity contribution in [2.45, 2.75) is 18.4 Å². The normalized spacial score (nSPS) is 17.0. The van der Waals surface area contributed by atoms with Crippen molar-refractivity contribution in [2.75, 3.05) is 0 Å². The lowest BCUT2D eigenvalue weighted by atomic mass is 10.1. The summed E-state index contributed by atoms with van der Waals surface area (Å²) < 4.78 is 5.83. The quantitative estimate of drug-likeness (QED) is 0.590. The Morgan fingerprint density at radius 1 is 1.44 bits per heavy atom. The van der Waals surface area contributed by atoms with E-state index in [1.807, 2.05) is 12.1 Å². The second-order valence-electron chi connectivity index (χ2n) is 3.82. The van der Waals surface area contributed by atoms with E-state index in [0.717, 1.165) is 34.4 Å². The third kappa shape index (κ3) is 1.26. The van der Waals surface area contributed by atoms with Crippen molar-refractivity contribution in [1.29, 1.82) is 0 Å². The highest BCUT2D eigenvalue weighted by Gasteiger charge is 2.46. The largest absolute Gasteiger partial charge is 0.414 e. The first-order valence-corrected chi connectivity index (χ1v) is 5.69. The van der Waals surface area contributed by atoms with Crippen molar-refractivity contribution in [1.82, 2.24) is 0 Å². The molecule has 0 unspecified atom stereocenters. The average Bonchev–Trinajstić information content (AvgIpc) is 2.92. The monoisotopic (exact) mass is 233 g/mol. The van der Waals surface area contributed by atoms with Crippen LogP contribution in [0.2, 0.25) is 0 Å². The van der Waals surface area contributed by atoms with E-state index in [9.17, 15) is 9.59 Å². The maximum Gasteiger partial charge on any atom is 0.396 e. The third-order valence-electron chi connectivity index (χ3n) is 2.84. The van der Waals surface area contributed by atoms with Gasteiger partial charge >= 0.3 is 4.94 Å². The van der Waals surface area contributed by atoms with E-state index >= 15 is 0 Å². The van der Waals surface area contributed by atoms with Crippen molar-refractivity contribution in [3.05, 3.63) is 33.5 Å². The molecule has 0 amide bonds. The molecule has 1 saturated carbocycles. The molecule has 3 rings (SSSR count). The van der Waals surface area contributed by atoms with E-state index in [-0.39, 0.29) is 4.94 Å². The molecule has 5 heteroatoms. The van der Waals surface area contributed by atoms with E-state index in [0.29, 0.717) is 5.58 Å². The second-order valence-corrected chi connectivity index (χ2v) is 4.77. The Morgan fingerprint density at radius 3 is 2.94 bits per heavy atom. The molecule has 0 saturated heterocycles. The highest BCUT2D eigenvalue weighted by Crippen LogP contribution is 2.51. The molecule has 0 aliphatic heterocycles. The first-order valence-electron chi connectivity index (χ1n) is 4.87. The topological polar surface area (TPSA) is 59.6 Å². The van der Waals surface area contributed by atoms with Crippen molar-refractivity contribution in [3.63, 3.8) is 0 Å². The van der Waals surface area contributed by atoms with E-state index in [1.54, 1.807) is 12.1 Å². The zero-order chi connectivity index (χ0) is 11.2. The van der Waals surface area contributed by atoms with Crippen LogP contribution >= 0.6 is 11.3 Å². The minimum absolute atomic E-state index is 0.326. The van der Waals surface area contributed by atoms with Gasteiger partial charge in [0.2, 0.25) is 6.08 Å². The van der Waals surface area contributed by atoms with Gasteiger partial charge in [-0.25, -0.2) is 9.59 Å². The minimum Gasteiger partial charge on any atom is -0.414 e. The minimum atomic E-state index is -0.450. The van der Waals surface area contributed by atoms with Crippen LogP contribution in [0, 0.1) is 0 Å². The van der Waals surface area contributed by atoms with Crippen LogP contribution < -0.4 is 4.94 Å². The molecule has 1 aliphatic rings. The lowest BCUT2D eigenvalue weighted by Crippen LogP contribution is -2.01. The van der Waals surface area contributed by atoms with Gasteiger partial charge in [0.05, 0.1) is 10.2 Å². The Labute approximate surface area is 94.2 Å². The molecule has 1 aromatic carbocycles.